The molecular formula is C25H34ClN3O4S. The number of hydrogen-bond acceptors (Lipinski definition) is 4. The number of carbonyl (C=O) groups excluding carboxylic acids is 2. The van der Waals surface area contributed by atoms with Crippen LogP contribution in [0.4, 0.5) is 0 Å². The van der Waals surface area contributed by atoms with Gasteiger partial charge in [0, 0.05) is 37.6 Å². The molecule has 0 saturated carbocycles. The van der Waals surface area contributed by atoms with Gasteiger partial charge in [-0.25, -0.2) is 12.7 Å². The van der Waals surface area contributed by atoms with Gasteiger partial charge in [-0.05, 0) is 50.5 Å². The van der Waals surface area contributed by atoms with E-state index in [0.717, 1.165) is 12.0 Å². The first-order valence-corrected chi connectivity index (χ1v) is 13.2. The SMILES string of the molecule is CCC(C)NC(=O)C(C)N(Cc1ccccc1Cl)C(=O)CCCN(C)S(=O)(=O)c1ccccc1. The Morgan fingerprint density at radius 2 is 1.65 bits per heavy atom. The van der Waals surface area contributed by atoms with Crippen molar-refractivity contribution in [2.45, 2.75) is 63.6 Å². The molecule has 2 aromatic carbocycles. The molecule has 2 unspecified atom stereocenters. The maximum atomic E-state index is 13.2. The molecule has 0 fully saturated rings. The number of halogens is 1. The maximum Gasteiger partial charge on any atom is 0.242 e. The molecule has 0 aliphatic rings. The first kappa shape index (κ1) is 27.8. The fraction of sp³-hybridized carbons (Fsp3) is 0.440. The normalized spacial score (nSPS) is 13.4. The molecule has 1 N–H and O–H groups in total. The summed E-state index contributed by atoms with van der Waals surface area (Å²) in [6.45, 7) is 5.94. The van der Waals surface area contributed by atoms with Crippen molar-refractivity contribution < 1.29 is 18.0 Å². The Morgan fingerprint density at radius 3 is 2.26 bits per heavy atom. The lowest BCUT2D eigenvalue weighted by Crippen LogP contribution is -2.49. The summed E-state index contributed by atoms with van der Waals surface area (Å²) in [6, 6.07) is 14.7. The first-order valence-electron chi connectivity index (χ1n) is 11.4. The summed E-state index contributed by atoms with van der Waals surface area (Å²) in [4.78, 5) is 27.7. The van der Waals surface area contributed by atoms with E-state index in [0.29, 0.717) is 11.4 Å². The zero-order valence-electron chi connectivity index (χ0n) is 20.2. The number of benzene rings is 2. The number of nitrogens with zero attached hydrogens (tertiary/aromatic N) is 2. The lowest BCUT2D eigenvalue weighted by molar-refractivity contribution is -0.141. The van der Waals surface area contributed by atoms with E-state index in [9.17, 15) is 18.0 Å². The van der Waals surface area contributed by atoms with Crippen molar-refractivity contribution in [2.24, 2.45) is 0 Å². The standard InChI is InChI=1S/C25H34ClN3O4S/c1-5-19(2)27-25(31)20(3)29(18-21-12-9-10-15-23(21)26)24(30)16-11-17-28(4)34(32,33)22-13-7-6-8-14-22/h6-10,12-15,19-20H,5,11,16-18H2,1-4H3,(H,27,31). The molecule has 186 valence electrons. The first-order chi connectivity index (χ1) is 16.1. The van der Waals surface area contributed by atoms with Gasteiger partial charge in [0.2, 0.25) is 21.8 Å². The number of carbonyl (C=O) groups is 2. The van der Waals surface area contributed by atoms with Crippen LogP contribution < -0.4 is 5.32 Å². The lowest BCUT2D eigenvalue weighted by atomic mass is 10.1. The maximum absolute atomic E-state index is 13.2. The molecule has 0 bridgehead atoms. The van der Waals surface area contributed by atoms with Gasteiger partial charge in [-0.15, -0.1) is 0 Å². The topological polar surface area (TPSA) is 86.8 Å². The fourth-order valence-electron chi connectivity index (χ4n) is 3.35. The third-order valence-corrected chi connectivity index (χ3v) is 8.02. The summed E-state index contributed by atoms with van der Waals surface area (Å²) < 4.78 is 26.7. The number of rotatable bonds is 12. The average molecular weight is 508 g/mol. The largest absolute Gasteiger partial charge is 0.352 e. The van der Waals surface area contributed by atoms with Gasteiger partial charge in [-0.2, -0.15) is 0 Å². The highest BCUT2D eigenvalue weighted by atomic mass is 35.5. The van der Waals surface area contributed by atoms with Crippen LogP contribution >= 0.6 is 11.6 Å². The van der Waals surface area contributed by atoms with Crippen LogP contribution in [-0.4, -0.2) is 55.1 Å². The Kier molecular flexibility index (Phi) is 10.5. The molecule has 2 atom stereocenters. The van der Waals surface area contributed by atoms with Gasteiger partial charge >= 0.3 is 0 Å². The van der Waals surface area contributed by atoms with Crippen LogP contribution in [0.3, 0.4) is 0 Å². The predicted octanol–water partition coefficient (Wildman–Crippen LogP) is 4.07. The Bertz CT molecular complexity index is 1060. The number of amides is 2. The van der Waals surface area contributed by atoms with E-state index in [1.54, 1.807) is 49.4 Å². The van der Waals surface area contributed by atoms with Crippen molar-refractivity contribution in [3.8, 4) is 0 Å². The molecule has 2 rings (SSSR count). The summed E-state index contributed by atoms with van der Waals surface area (Å²) >= 11 is 6.31. The van der Waals surface area contributed by atoms with Gasteiger partial charge in [0.25, 0.3) is 0 Å². The van der Waals surface area contributed by atoms with Crippen molar-refractivity contribution in [3.63, 3.8) is 0 Å². The molecule has 0 aliphatic carbocycles. The third-order valence-electron chi connectivity index (χ3n) is 5.78. The molecule has 2 amide bonds. The van der Waals surface area contributed by atoms with E-state index in [1.807, 2.05) is 26.0 Å². The number of hydrogen-bond donors (Lipinski definition) is 1. The second-order valence-electron chi connectivity index (χ2n) is 8.35. The van der Waals surface area contributed by atoms with Gasteiger partial charge in [0.1, 0.15) is 6.04 Å². The van der Waals surface area contributed by atoms with Gasteiger partial charge in [-0.3, -0.25) is 9.59 Å². The highest BCUT2D eigenvalue weighted by Crippen LogP contribution is 2.20. The second kappa shape index (κ2) is 12.9. The van der Waals surface area contributed by atoms with Gasteiger partial charge < -0.3 is 10.2 Å². The molecule has 0 saturated heterocycles. The summed E-state index contributed by atoms with van der Waals surface area (Å²) in [6.07, 6.45) is 1.19. The fourth-order valence-corrected chi connectivity index (χ4v) is 4.77. The molecule has 2 aromatic rings. The molecule has 34 heavy (non-hydrogen) atoms. The summed E-state index contributed by atoms with van der Waals surface area (Å²) in [5, 5.41) is 3.44. The smallest absolute Gasteiger partial charge is 0.242 e. The van der Waals surface area contributed by atoms with Crippen LogP contribution in [0, 0.1) is 0 Å². The molecule has 7 nitrogen and oxygen atoms in total. The van der Waals surface area contributed by atoms with Crippen LogP contribution in [0.25, 0.3) is 0 Å². The van der Waals surface area contributed by atoms with Crippen LogP contribution in [-0.2, 0) is 26.2 Å². The minimum absolute atomic E-state index is 0.0101. The van der Waals surface area contributed by atoms with Crippen molar-refractivity contribution >= 4 is 33.4 Å². The van der Waals surface area contributed by atoms with Crippen molar-refractivity contribution in [3.05, 3.63) is 65.2 Å². The zero-order chi connectivity index (χ0) is 25.3. The molecule has 9 heteroatoms. The van der Waals surface area contributed by atoms with Crippen LogP contribution in [0.15, 0.2) is 59.5 Å². The zero-order valence-corrected chi connectivity index (χ0v) is 21.8. The van der Waals surface area contributed by atoms with Crippen molar-refractivity contribution in [1.82, 2.24) is 14.5 Å². The number of sulfonamides is 1. The van der Waals surface area contributed by atoms with Gasteiger partial charge in [0.05, 0.1) is 4.90 Å². The van der Waals surface area contributed by atoms with E-state index in [-0.39, 0.29) is 42.3 Å². The summed E-state index contributed by atoms with van der Waals surface area (Å²) in [7, 11) is -2.13. The Labute approximate surface area is 208 Å². The molecular weight excluding hydrogens is 474 g/mol. The minimum Gasteiger partial charge on any atom is -0.352 e. The molecule has 0 heterocycles. The van der Waals surface area contributed by atoms with Crippen molar-refractivity contribution in [2.75, 3.05) is 13.6 Å². The molecule has 0 aromatic heterocycles. The predicted molar refractivity (Wildman–Crippen MR) is 135 cm³/mol. The quantitative estimate of drug-likeness (QED) is 0.469. The average Bonchev–Trinajstić information content (AvgIpc) is 2.83. The van der Waals surface area contributed by atoms with E-state index in [4.69, 9.17) is 11.6 Å². The molecule has 0 radical (unpaired) electrons. The van der Waals surface area contributed by atoms with Crippen LogP contribution in [0.5, 0.6) is 0 Å². The highest BCUT2D eigenvalue weighted by molar-refractivity contribution is 7.89. The highest BCUT2D eigenvalue weighted by Gasteiger charge is 2.27. The van der Waals surface area contributed by atoms with Crippen LogP contribution in [0.1, 0.15) is 45.6 Å². The van der Waals surface area contributed by atoms with Gasteiger partial charge in [-0.1, -0.05) is 54.9 Å². The summed E-state index contributed by atoms with van der Waals surface area (Å²) in [5.74, 6) is -0.476. The Morgan fingerprint density at radius 1 is 1.03 bits per heavy atom. The van der Waals surface area contributed by atoms with Crippen LogP contribution in [0.2, 0.25) is 5.02 Å². The summed E-state index contributed by atoms with van der Waals surface area (Å²) in [5.41, 5.74) is 0.740. The van der Waals surface area contributed by atoms with E-state index in [2.05, 4.69) is 5.32 Å². The van der Waals surface area contributed by atoms with E-state index < -0.39 is 16.1 Å². The van der Waals surface area contributed by atoms with E-state index >= 15 is 0 Å². The lowest BCUT2D eigenvalue weighted by Gasteiger charge is -2.30. The third kappa shape index (κ3) is 7.55. The molecule has 0 aliphatic heterocycles. The molecule has 0 spiro atoms. The number of nitrogens with one attached hydrogen (secondary N) is 1. The van der Waals surface area contributed by atoms with Crippen molar-refractivity contribution in [1.29, 1.82) is 0 Å². The minimum atomic E-state index is -3.63. The Hall–Kier alpha value is -2.42. The second-order valence-corrected chi connectivity index (χ2v) is 10.8. The van der Waals surface area contributed by atoms with Gasteiger partial charge in [0.15, 0.2) is 0 Å². The van der Waals surface area contributed by atoms with E-state index in [1.165, 1.54) is 16.3 Å². The monoisotopic (exact) mass is 507 g/mol. The Balaban J connectivity index is 2.10.